The Morgan fingerprint density at radius 3 is 2.79 bits per heavy atom. The van der Waals surface area contributed by atoms with E-state index in [9.17, 15) is 18.3 Å². The summed E-state index contributed by atoms with van der Waals surface area (Å²) in [5, 5.41) is 13.2. The molecule has 3 atom stereocenters. The number of likely N-dealkylation sites (tertiary alicyclic amines) is 1. The van der Waals surface area contributed by atoms with Gasteiger partial charge in [-0.1, -0.05) is 25.1 Å². The molecule has 5 rings (SSSR count). The van der Waals surface area contributed by atoms with Gasteiger partial charge in [0.25, 0.3) is 10.0 Å². The Balaban J connectivity index is 1.40. The van der Waals surface area contributed by atoms with Crippen LogP contribution in [0.25, 0.3) is 0 Å². The molecule has 0 aromatic heterocycles. The lowest BCUT2D eigenvalue weighted by Crippen LogP contribution is -2.23. The molecule has 0 spiro atoms. The highest BCUT2D eigenvalue weighted by Gasteiger charge is 2.45. The van der Waals surface area contributed by atoms with Crippen LogP contribution in [0.4, 0.5) is 11.4 Å². The molecule has 1 saturated carbocycles. The third-order valence-corrected chi connectivity index (χ3v) is 8.41. The highest BCUT2D eigenvalue weighted by atomic mass is 32.2. The number of nitrogens with one attached hydrogen (secondary N) is 2. The second-order valence-electron chi connectivity index (χ2n) is 9.16. The van der Waals surface area contributed by atoms with Gasteiger partial charge in [-0.15, -0.1) is 0 Å². The van der Waals surface area contributed by atoms with Crippen molar-refractivity contribution in [3.05, 3.63) is 47.5 Å². The van der Waals surface area contributed by atoms with Gasteiger partial charge in [0.1, 0.15) is 16.2 Å². The molecule has 0 radical (unpaired) electrons. The summed E-state index contributed by atoms with van der Waals surface area (Å²) in [6.45, 7) is 6.36. The van der Waals surface area contributed by atoms with E-state index in [4.69, 9.17) is 4.74 Å². The Labute approximate surface area is 194 Å². The van der Waals surface area contributed by atoms with Crippen LogP contribution in [0.2, 0.25) is 0 Å². The molecule has 2 heterocycles. The van der Waals surface area contributed by atoms with Gasteiger partial charge in [0.15, 0.2) is 0 Å². The minimum Gasteiger partial charge on any atom is -0.492 e. The maximum Gasteiger partial charge on any atom is 0.341 e. The van der Waals surface area contributed by atoms with Gasteiger partial charge in [-0.25, -0.2) is 13.2 Å². The lowest BCUT2D eigenvalue weighted by molar-refractivity contribution is 0.0692. The van der Waals surface area contributed by atoms with Crippen LogP contribution >= 0.6 is 0 Å². The minimum atomic E-state index is -4.03. The second-order valence-corrected chi connectivity index (χ2v) is 10.8. The van der Waals surface area contributed by atoms with Gasteiger partial charge in [0.2, 0.25) is 0 Å². The summed E-state index contributed by atoms with van der Waals surface area (Å²) in [6, 6.07) is 10.0. The number of rotatable bonds is 8. The van der Waals surface area contributed by atoms with Crippen molar-refractivity contribution in [3.63, 3.8) is 0 Å². The number of ether oxygens (including phenoxy) is 1. The number of anilines is 2. The van der Waals surface area contributed by atoms with E-state index in [1.165, 1.54) is 12.1 Å². The van der Waals surface area contributed by atoms with Crippen LogP contribution in [0.3, 0.4) is 0 Å². The maximum absolute atomic E-state index is 13.3. The van der Waals surface area contributed by atoms with Crippen LogP contribution in [-0.4, -0.2) is 57.2 Å². The van der Waals surface area contributed by atoms with Gasteiger partial charge in [0, 0.05) is 19.0 Å². The van der Waals surface area contributed by atoms with Gasteiger partial charge in [-0.2, -0.15) is 0 Å². The lowest BCUT2D eigenvalue weighted by Gasteiger charge is -2.22. The molecule has 8 nitrogen and oxygen atoms in total. The van der Waals surface area contributed by atoms with Crippen molar-refractivity contribution in [1.29, 1.82) is 0 Å². The Kier molecular flexibility index (Phi) is 5.70. The molecule has 2 aliphatic heterocycles. The summed E-state index contributed by atoms with van der Waals surface area (Å²) < 4.78 is 34.9. The minimum absolute atomic E-state index is 0.0181. The standard InChI is InChI=1S/C24H29N3O5S/c1-2-27-10-9-15(13-27)12-25-19-5-3-4-6-21(19)33(30,31)26-20-8-7-17-18-11-16(18)14-32-23(17)22(20)24(28)29/h3-8,15-16,18,25-26H,2,9-14H2,1H3,(H,28,29). The zero-order valence-corrected chi connectivity index (χ0v) is 19.4. The third-order valence-electron chi connectivity index (χ3n) is 6.99. The van der Waals surface area contributed by atoms with Gasteiger partial charge in [-0.3, -0.25) is 4.72 Å². The van der Waals surface area contributed by atoms with E-state index < -0.39 is 16.0 Å². The molecule has 176 valence electrons. The highest BCUT2D eigenvalue weighted by molar-refractivity contribution is 7.92. The van der Waals surface area contributed by atoms with Gasteiger partial charge >= 0.3 is 5.97 Å². The maximum atomic E-state index is 13.3. The number of para-hydroxylation sites is 1. The topological polar surface area (TPSA) is 108 Å². The quantitative estimate of drug-likeness (QED) is 0.541. The Hall–Kier alpha value is -2.78. The molecule has 0 amide bonds. The summed E-state index contributed by atoms with van der Waals surface area (Å²) in [6.07, 6.45) is 2.06. The van der Waals surface area contributed by atoms with Crippen molar-refractivity contribution in [2.45, 2.75) is 30.6 Å². The number of aromatic carboxylic acids is 1. The zero-order valence-electron chi connectivity index (χ0n) is 18.6. The molecule has 1 aliphatic carbocycles. The fourth-order valence-corrected chi connectivity index (χ4v) is 6.27. The summed E-state index contributed by atoms with van der Waals surface area (Å²) in [4.78, 5) is 14.5. The van der Waals surface area contributed by atoms with Crippen molar-refractivity contribution >= 4 is 27.4 Å². The average molecular weight is 472 g/mol. The Bertz CT molecular complexity index is 1180. The first-order valence-corrected chi connectivity index (χ1v) is 13.0. The van der Waals surface area contributed by atoms with E-state index >= 15 is 0 Å². The number of hydrogen-bond acceptors (Lipinski definition) is 6. The average Bonchev–Trinajstić information content (AvgIpc) is 3.46. The van der Waals surface area contributed by atoms with E-state index in [1.807, 2.05) is 0 Å². The number of carboxylic acids is 1. The van der Waals surface area contributed by atoms with E-state index in [1.54, 1.807) is 24.3 Å². The first kappa shape index (κ1) is 22.0. The van der Waals surface area contributed by atoms with E-state index in [-0.39, 0.29) is 21.9 Å². The molecule has 3 unspecified atom stereocenters. The lowest BCUT2D eigenvalue weighted by atomic mass is 10.0. The number of benzene rings is 2. The van der Waals surface area contributed by atoms with Crippen LogP contribution < -0.4 is 14.8 Å². The fraction of sp³-hybridized carbons (Fsp3) is 0.458. The van der Waals surface area contributed by atoms with Crippen molar-refractivity contribution in [1.82, 2.24) is 4.90 Å². The number of carbonyl (C=O) groups is 1. The van der Waals surface area contributed by atoms with Crippen molar-refractivity contribution in [2.24, 2.45) is 11.8 Å². The molecule has 2 aromatic rings. The first-order chi connectivity index (χ1) is 15.9. The number of fused-ring (bicyclic) bond motifs is 3. The predicted molar refractivity (Wildman–Crippen MR) is 126 cm³/mol. The van der Waals surface area contributed by atoms with E-state index in [0.717, 1.165) is 38.0 Å². The Morgan fingerprint density at radius 1 is 1.21 bits per heavy atom. The second kappa shape index (κ2) is 8.53. The number of nitrogens with zero attached hydrogens (tertiary/aromatic N) is 1. The normalized spacial score (nSPS) is 23.8. The molecule has 0 bridgehead atoms. The summed E-state index contributed by atoms with van der Waals surface area (Å²) in [5.74, 6) is 0.272. The first-order valence-electron chi connectivity index (χ1n) is 11.5. The van der Waals surface area contributed by atoms with E-state index in [0.29, 0.717) is 36.6 Å². The molecule has 3 N–H and O–H groups in total. The molecule has 9 heteroatoms. The largest absolute Gasteiger partial charge is 0.492 e. The molecule has 2 fully saturated rings. The molecule has 33 heavy (non-hydrogen) atoms. The fourth-order valence-electron chi connectivity index (χ4n) is 5.01. The molecular formula is C24H29N3O5S. The highest BCUT2D eigenvalue weighted by Crippen LogP contribution is 2.55. The SMILES string of the molecule is CCN1CCC(CNc2ccccc2S(=O)(=O)Nc2ccc3c(c2C(=O)O)OCC2CC32)C1. The molecule has 1 saturated heterocycles. The van der Waals surface area contributed by atoms with Gasteiger partial charge < -0.3 is 20.1 Å². The van der Waals surface area contributed by atoms with Crippen LogP contribution in [0.1, 0.15) is 41.6 Å². The van der Waals surface area contributed by atoms with Crippen LogP contribution in [-0.2, 0) is 10.0 Å². The monoisotopic (exact) mass is 471 g/mol. The molecule has 2 aromatic carbocycles. The van der Waals surface area contributed by atoms with Crippen LogP contribution in [0, 0.1) is 11.8 Å². The predicted octanol–water partition coefficient (Wildman–Crippen LogP) is 3.44. The van der Waals surface area contributed by atoms with Crippen molar-refractivity contribution < 1.29 is 23.1 Å². The third kappa shape index (κ3) is 4.27. The molecule has 3 aliphatic rings. The van der Waals surface area contributed by atoms with Gasteiger partial charge in [-0.05, 0) is 61.5 Å². The van der Waals surface area contributed by atoms with E-state index in [2.05, 4.69) is 21.9 Å². The van der Waals surface area contributed by atoms with Crippen molar-refractivity contribution in [3.8, 4) is 5.75 Å². The zero-order chi connectivity index (χ0) is 23.2. The van der Waals surface area contributed by atoms with Crippen LogP contribution in [0.15, 0.2) is 41.3 Å². The summed E-state index contributed by atoms with van der Waals surface area (Å²) in [5.41, 5.74) is 1.25. The molecular weight excluding hydrogens is 442 g/mol. The number of carboxylic acid groups (broad SMARTS) is 1. The van der Waals surface area contributed by atoms with Gasteiger partial charge in [0.05, 0.1) is 18.0 Å². The smallest absolute Gasteiger partial charge is 0.341 e. The summed E-state index contributed by atoms with van der Waals surface area (Å²) >= 11 is 0. The van der Waals surface area contributed by atoms with Crippen LogP contribution in [0.5, 0.6) is 5.75 Å². The van der Waals surface area contributed by atoms with Crippen molar-refractivity contribution in [2.75, 3.05) is 42.8 Å². The summed E-state index contributed by atoms with van der Waals surface area (Å²) in [7, 11) is -4.03. The number of sulfonamides is 1. The number of hydrogen-bond donors (Lipinski definition) is 3. The Morgan fingerprint density at radius 2 is 2.03 bits per heavy atom.